The van der Waals surface area contributed by atoms with E-state index >= 15 is 0 Å². The first-order valence-electron chi connectivity index (χ1n) is 16.6. The second-order valence-corrected chi connectivity index (χ2v) is 12.7. The highest BCUT2D eigenvalue weighted by atomic mass is 32.2. The molecule has 1 saturated heterocycles. The van der Waals surface area contributed by atoms with Crippen LogP contribution in [0.3, 0.4) is 0 Å². The molecule has 0 aliphatic carbocycles. The maximum Gasteiger partial charge on any atom is 0.248 e. The largest absolute Gasteiger partial charge is 0.409 e. The van der Waals surface area contributed by atoms with Gasteiger partial charge in [0.25, 0.3) is 0 Å². The van der Waals surface area contributed by atoms with E-state index in [1.165, 1.54) is 29.9 Å². The van der Waals surface area contributed by atoms with Gasteiger partial charge in [-0.05, 0) is 66.6 Å². The van der Waals surface area contributed by atoms with E-state index in [1.54, 1.807) is 38.1 Å². The van der Waals surface area contributed by atoms with Crippen LogP contribution in [0.15, 0.2) is 41.3 Å². The highest BCUT2D eigenvalue weighted by Crippen LogP contribution is 2.29. The molecule has 45 heavy (non-hydrogen) atoms. The molecule has 1 fully saturated rings. The van der Waals surface area contributed by atoms with Gasteiger partial charge in [-0.1, -0.05) is 73.9 Å². The molecular formula is C35H62N4O5S. The van der Waals surface area contributed by atoms with Crippen LogP contribution >= 0.6 is 0 Å². The maximum atomic E-state index is 13.3. The Hall–Kier alpha value is -2.66. The number of likely N-dealkylation sites (N-methyl/N-ethyl adjacent to an activating group) is 2. The average molecular weight is 651 g/mol. The summed E-state index contributed by atoms with van der Waals surface area (Å²) < 4.78 is 33.4. The first-order valence-corrected chi connectivity index (χ1v) is 18.0. The molecule has 1 unspecified atom stereocenters. The summed E-state index contributed by atoms with van der Waals surface area (Å²) in [6.07, 6.45) is 3.02. The van der Waals surface area contributed by atoms with E-state index in [1.807, 2.05) is 34.6 Å². The summed E-state index contributed by atoms with van der Waals surface area (Å²) in [5.74, 6) is 1.13. The number of carbonyl (C=O) groups is 1. The maximum absolute atomic E-state index is 13.3. The first-order chi connectivity index (χ1) is 21.5. The minimum atomic E-state index is -3.74. The predicted molar refractivity (Wildman–Crippen MR) is 188 cm³/mol. The van der Waals surface area contributed by atoms with Gasteiger partial charge in [-0.3, -0.25) is 4.79 Å². The van der Waals surface area contributed by atoms with Crippen molar-refractivity contribution in [3.63, 3.8) is 0 Å². The third kappa shape index (κ3) is 13.7. The van der Waals surface area contributed by atoms with Crippen molar-refractivity contribution < 1.29 is 22.8 Å². The monoisotopic (exact) mass is 650 g/mol. The summed E-state index contributed by atoms with van der Waals surface area (Å²) in [7, 11) is 1.18. The second-order valence-electron chi connectivity index (χ2n) is 10.7. The number of rotatable bonds is 13. The lowest BCUT2D eigenvalue weighted by Crippen LogP contribution is -2.34. The summed E-state index contributed by atoms with van der Waals surface area (Å²) in [5.41, 5.74) is 6.18. The minimum Gasteiger partial charge on any atom is -0.409 e. The van der Waals surface area contributed by atoms with E-state index in [0.717, 1.165) is 24.6 Å². The molecule has 9 nitrogen and oxygen atoms in total. The molecule has 1 heterocycles. The molecule has 0 saturated carbocycles. The van der Waals surface area contributed by atoms with Crippen LogP contribution in [0.4, 0.5) is 5.69 Å². The summed E-state index contributed by atoms with van der Waals surface area (Å²) in [4.78, 5) is 22.2. The topological polar surface area (TPSA) is 91.4 Å². The predicted octanol–water partition coefficient (Wildman–Crippen LogP) is 6.68. The lowest BCUT2D eigenvalue weighted by molar-refractivity contribution is -0.135. The molecule has 3 rings (SSSR count). The van der Waals surface area contributed by atoms with Gasteiger partial charge < -0.3 is 19.4 Å². The van der Waals surface area contributed by atoms with E-state index in [0.29, 0.717) is 29.8 Å². The van der Waals surface area contributed by atoms with Crippen molar-refractivity contribution in [1.29, 1.82) is 0 Å². The van der Waals surface area contributed by atoms with Crippen molar-refractivity contribution in [2.75, 3.05) is 58.9 Å². The number of nitrogens with one attached hydrogen (secondary N) is 1. The molecule has 1 amide bonds. The van der Waals surface area contributed by atoms with Crippen LogP contribution < -0.4 is 15.2 Å². The molecule has 258 valence electrons. The van der Waals surface area contributed by atoms with Crippen LogP contribution in [0.1, 0.15) is 84.9 Å². The minimum absolute atomic E-state index is 0.108. The second kappa shape index (κ2) is 22.8. The molecule has 1 N–H and O–H groups in total. The van der Waals surface area contributed by atoms with Crippen molar-refractivity contribution in [2.45, 2.75) is 93.0 Å². The number of carbonyl (C=O) groups excluding carboxylic acids is 1. The quantitative estimate of drug-likeness (QED) is 0.191. The fourth-order valence-electron chi connectivity index (χ4n) is 4.70. The molecule has 10 heteroatoms. The van der Waals surface area contributed by atoms with Gasteiger partial charge in [-0.2, -0.15) is 9.79 Å². The van der Waals surface area contributed by atoms with E-state index in [2.05, 4.69) is 55.4 Å². The van der Waals surface area contributed by atoms with Gasteiger partial charge in [-0.15, -0.1) is 0 Å². The summed E-state index contributed by atoms with van der Waals surface area (Å²) >= 11 is 0. The zero-order chi connectivity index (χ0) is 34.6. The highest BCUT2D eigenvalue weighted by Gasteiger charge is 2.26. The molecule has 1 atom stereocenters. The fourth-order valence-corrected chi connectivity index (χ4v) is 6.33. The Morgan fingerprint density at radius 1 is 1.04 bits per heavy atom. The Kier molecular flexibility index (Phi) is 21.4. The third-order valence-electron chi connectivity index (χ3n) is 6.94. The average Bonchev–Trinajstić information content (AvgIpc) is 3.47. The van der Waals surface area contributed by atoms with E-state index < -0.39 is 10.0 Å². The van der Waals surface area contributed by atoms with Crippen LogP contribution in [0.5, 0.6) is 5.75 Å². The number of anilines is 1. The number of hydrogen-bond donors (Lipinski definition) is 1. The van der Waals surface area contributed by atoms with Crippen LogP contribution in [0.25, 0.3) is 0 Å². The standard InChI is InChI=1S/C28H42N4O5S.C3H8.2C2H6/c1-7-24-17-26(37-29-4)16-22(3)28(24)38(34,35)31(6)14-15-36-20-27(33)30(5)19-23-8-10-25(11-9-23)32-13-12-21(2)18-32;1-3-2;2*1-2/h8-11,16-17,21,29H,7,12-15,18-20H2,1-6H3;3H2,1-2H3;2*1-2H3. The number of benzene rings is 2. The molecular weight excluding hydrogens is 588 g/mol. The van der Waals surface area contributed by atoms with Crippen LogP contribution in [-0.2, 0) is 32.5 Å². The number of nitrogens with zero attached hydrogens (tertiary/aromatic N) is 3. The van der Waals surface area contributed by atoms with Gasteiger partial charge in [0, 0.05) is 53.0 Å². The van der Waals surface area contributed by atoms with Crippen molar-refractivity contribution in [3.05, 3.63) is 53.1 Å². The fraction of sp³-hybridized carbons (Fsp3) is 0.629. The van der Waals surface area contributed by atoms with Crippen molar-refractivity contribution >= 4 is 21.6 Å². The Labute approximate surface area is 275 Å². The molecule has 0 spiro atoms. The highest BCUT2D eigenvalue weighted by molar-refractivity contribution is 7.89. The van der Waals surface area contributed by atoms with Gasteiger partial charge in [-0.25, -0.2) is 8.42 Å². The van der Waals surface area contributed by atoms with Gasteiger partial charge in [0.05, 0.1) is 11.5 Å². The summed E-state index contributed by atoms with van der Waals surface area (Å²) in [5, 5.41) is 0. The van der Waals surface area contributed by atoms with E-state index in [4.69, 9.17) is 9.57 Å². The van der Waals surface area contributed by atoms with Crippen LogP contribution in [-0.4, -0.2) is 77.5 Å². The van der Waals surface area contributed by atoms with E-state index in [9.17, 15) is 13.2 Å². The van der Waals surface area contributed by atoms with Crippen LogP contribution in [0, 0.1) is 12.8 Å². The van der Waals surface area contributed by atoms with Gasteiger partial charge in [0.15, 0.2) is 0 Å². The van der Waals surface area contributed by atoms with Crippen molar-refractivity contribution in [3.8, 4) is 5.75 Å². The molecule has 2 aromatic rings. The Balaban J connectivity index is 0.00000256. The number of sulfonamides is 1. The summed E-state index contributed by atoms with van der Waals surface area (Å²) in [6, 6.07) is 11.8. The third-order valence-corrected chi connectivity index (χ3v) is 9.04. The number of amides is 1. The van der Waals surface area contributed by atoms with Crippen molar-refractivity contribution in [1.82, 2.24) is 14.7 Å². The number of hydroxylamine groups is 1. The van der Waals surface area contributed by atoms with Crippen molar-refractivity contribution in [2.24, 2.45) is 5.92 Å². The molecule has 1 aliphatic heterocycles. The molecule has 2 aromatic carbocycles. The number of ether oxygens (including phenoxy) is 1. The smallest absolute Gasteiger partial charge is 0.248 e. The van der Waals surface area contributed by atoms with Gasteiger partial charge in [0.2, 0.25) is 15.9 Å². The molecule has 0 aromatic heterocycles. The van der Waals surface area contributed by atoms with Gasteiger partial charge >= 0.3 is 0 Å². The first kappa shape index (κ1) is 42.3. The lowest BCUT2D eigenvalue weighted by Gasteiger charge is -2.22. The molecule has 0 radical (unpaired) electrons. The zero-order valence-corrected chi connectivity index (χ0v) is 31.0. The zero-order valence-electron chi connectivity index (χ0n) is 30.2. The van der Waals surface area contributed by atoms with Crippen LogP contribution in [0.2, 0.25) is 0 Å². The Morgan fingerprint density at radius 3 is 2.16 bits per heavy atom. The molecule has 0 bridgehead atoms. The normalized spacial score (nSPS) is 14.0. The lowest BCUT2D eigenvalue weighted by atomic mass is 10.1. The summed E-state index contributed by atoms with van der Waals surface area (Å²) in [6.45, 7) is 21.0. The Morgan fingerprint density at radius 2 is 1.64 bits per heavy atom. The SMILES string of the molecule is CC.CC.CCC.CCc1cc(ONC)cc(C)c1S(=O)(=O)N(C)CCOCC(=O)N(C)Cc1ccc(N2CCC(C)C2)cc1. The molecule has 1 aliphatic rings. The van der Waals surface area contributed by atoms with E-state index in [-0.39, 0.29) is 30.6 Å². The number of hydrogen-bond acceptors (Lipinski definition) is 7. The number of aryl methyl sites for hydroxylation is 2. The Bertz CT molecular complexity index is 1210. The van der Waals surface area contributed by atoms with Gasteiger partial charge in [0.1, 0.15) is 12.4 Å².